The van der Waals surface area contributed by atoms with Crippen LogP contribution >= 0.6 is 0 Å². The SMILES string of the molecule is CCCCc1cc(NC(=O)Nc2cc(F)c(F)cc2F)n(-c2ccc3c(c2)CNC(C)C3)n1.NC=O. The molecule has 0 aliphatic carbocycles. The van der Waals surface area contributed by atoms with E-state index in [4.69, 9.17) is 4.79 Å². The van der Waals surface area contributed by atoms with Crippen molar-refractivity contribution < 1.29 is 22.8 Å². The Morgan fingerprint density at radius 3 is 2.58 bits per heavy atom. The zero-order valence-electron chi connectivity index (χ0n) is 20.1. The number of hydrogen-bond donors (Lipinski definition) is 4. The van der Waals surface area contributed by atoms with Crippen LogP contribution in [-0.2, 0) is 24.2 Å². The van der Waals surface area contributed by atoms with Crippen molar-refractivity contribution in [3.8, 4) is 5.69 Å². The lowest BCUT2D eigenvalue weighted by Gasteiger charge is -2.23. The zero-order valence-corrected chi connectivity index (χ0v) is 20.1. The maximum Gasteiger partial charge on any atom is 0.324 e. The van der Waals surface area contributed by atoms with Gasteiger partial charge in [-0.15, -0.1) is 0 Å². The summed E-state index contributed by atoms with van der Waals surface area (Å²) in [6.07, 6.45) is 3.86. The molecule has 1 aliphatic rings. The highest BCUT2D eigenvalue weighted by Gasteiger charge is 2.18. The normalized spacial score (nSPS) is 14.3. The molecule has 2 aromatic carbocycles. The number of urea groups is 1. The Labute approximate surface area is 207 Å². The molecule has 11 heteroatoms. The molecule has 2 heterocycles. The highest BCUT2D eigenvalue weighted by molar-refractivity contribution is 5.99. The number of aryl methyl sites for hydroxylation is 1. The smallest absolute Gasteiger partial charge is 0.324 e. The number of carbonyl (C=O) groups is 2. The van der Waals surface area contributed by atoms with E-state index in [0.29, 0.717) is 24.0 Å². The number of rotatable bonds is 6. The van der Waals surface area contributed by atoms with Gasteiger partial charge in [0.1, 0.15) is 11.6 Å². The van der Waals surface area contributed by atoms with Crippen LogP contribution < -0.4 is 21.7 Å². The Bertz CT molecular complexity index is 1230. The second-order valence-corrected chi connectivity index (χ2v) is 8.44. The number of nitrogens with two attached hydrogens (primary N) is 1. The molecule has 0 spiro atoms. The van der Waals surface area contributed by atoms with Gasteiger partial charge in [0.15, 0.2) is 11.6 Å². The van der Waals surface area contributed by atoms with E-state index in [1.807, 2.05) is 12.1 Å². The van der Waals surface area contributed by atoms with Crippen LogP contribution in [0.4, 0.5) is 29.5 Å². The minimum absolute atomic E-state index is 0.250. The van der Waals surface area contributed by atoms with E-state index in [-0.39, 0.29) is 6.41 Å². The second kappa shape index (κ2) is 12.2. The molecule has 1 atom stereocenters. The van der Waals surface area contributed by atoms with Gasteiger partial charge in [-0.25, -0.2) is 22.6 Å². The summed E-state index contributed by atoms with van der Waals surface area (Å²) in [5, 5.41) is 13.0. The molecule has 3 aromatic rings. The molecule has 3 amide bonds. The summed E-state index contributed by atoms with van der Waals surface area (Å²) in [5.41, 5.74) is 7.72. The van der Waals surface area contributed by atoms with Crippen LogP contribution in [0.2, 0.25) is 0 Å². The van der Waals surface area contributed by atoms with Crippen LogP contribution in [0.3, 0.4) is 0 Å². The third-order valence-electron chi connectivity index (χ3n) is 5.65. The number of nitrogens with zero attached hydrogens (tertiary/aromatic N) is 2. The Kier molecular flexibility index (Phi) is 9.07. The van der Waals surface area contributed by atoms with Crippen LogP contribution in [0.1, 0.15) is 43.5 Å². The van der Waals surface area contributed by atoms with Gasteiger partial charge < -0.3 is 16.4 Å². The van der Waals surface area contributed by atoms with Gasteiger partial charge in [-0.1, -0.05) is 19.4 Å². The summed E-state index contributed by atoms with van der Waals surface area (Å²) in [7, 11) is 0. The van der Waals surface area contributed by atoms with Gasteiger partial charge in [0.25, 0.3) is 0 Å². The van der Waals surface area contributed by atoms with E-state index >= 15 is 0 Å². The van der Waals surface area contributed by atoms with Gasteiger partial charge in [-0.05, 0) is 49.4 Å². The first-order valence-electron chi connectivity index (χ1n) is 11.6. The van der Waals surface area contributed by atoms with Crippen molar-refractivity contribution in [2.75, 3.05) is 10.6 Å². The van der Waals surface area contributed by atoms with Gasteiger partial charge in [-0.2, -0.15) is 5.10 Å². The van der Waals surface area contributed by atoms with E-state index in [1.54, 1.807) is 10.7 Å². The monoisotopic (exact) mass is 502 g/mol. The number of amides is 3. The van der Waals surface area contributed by atoms with E-state index < -0.39 is 29.2 Å². The number of hydrogen-bond acceptors (Lipinski definition) is 4. The number of benzene rings is 2. The molecule has 0 saturated heterocycles. The minimum atomic E-state index is -1.33. The number of halogens is 3. The van der Waals surface area contributed by atoms with Crippen molar-refractivity contribution in [2.45, 2.75) is 52.1 Å². The fraction of sp³-hybridized carbons (Fsp3) is 0.320. The Morgan fingerprint density at radius 1 is 1.14 bits per heavy atom. The third kappa shape index (κ3) is 6.63. The zero-order chi connectivity index (χ0) is 26.2. The number of carbonyl (C=O) groups excluding carboxylic acids is 2. The molecule has 5 N–H and O–H groups in total. The van der Waals surface area contributed by atoms with Gasteiger partial charge in [-0.3, -0.25) is 10.1 Å². The summed E-state index contributed by atoms with van der Waals surface area (Å²) >= 11 is 0. The quantitative estimate of drug-likeness (QED) is 0.295. The van der Waals surface area contributed by atoms with E-state index in [0.717, 1.165) is 49.2 Å². The third-order valence-corrected chi connectivity index (χ3v) is 5.65. The summed E-state index contributed by atoms with van der Waals surface area (Å²) < 4.78 is 42.2. The highest BCUT2D eigenvalue weighted by Crippen LogP contribution is 2.25. The Hall–Kier alpha value is -3.86. The number of aromatic nitrogens is 2. The van der Waals surface area contributed by atoms with Gasteiger partial charge >= 0.3 is 6.03 Å². The standard InChI is InChI=1S/C24H26F3N5O.CH3NO/c1-3-4-5-17-10-23(30-24(33)29-22-12-20(26)19(25)11-21(22)27)32(31-17)18-7-6-15-8-14(2)28-13-16(15)9-18;2-1-3/h6-7,9-12,14,28H,3-5,8,13H2,1-2H3,(H2,29,30,33);1H,(H2,2,3). The first-order valence-corrected chi connectivity index (χ1v) is 11.6. The highest BCUT2D eigenvalue weighted by atomic mass is 19.2. The fourth-order valence-electron chi connectivity index (χ4n) is 3.88. The van der Waals surface area contributed by atoms with Gasteiger partial charge in [0.05, 0.1) is 17.1 Å². The van der Waals surface area contributed by atoms with Crippen molar-refractivity contribution >= 4 is 23.9 Å². The minimum Gasteiger partial charge on any atom is -0.372 e. The second-order valence-electron chi connectivity index (χ2n) is 8.44. The average Bonchev–Trinajstić information content (AvgIpc) is 3.23. The Morgan fingerprint density at radius 2 is 1.86 bits per heavy atom. The number of unbranched alkanes of at least 4 members (excludes halogenated alkanes) is 1. The average molecular weight is 503 g/mol. The summed E-state index contributed by atoms with van der Waals surface area (Å²) in [6.45, 7) is 4.96. The van der Waals surface area contributed by atoms with Crippen molar-refractivity contribution in [3.63, 3.8) is 0 Å². The number of nitrogens with one attached hydrogen (secondary N) is 3. The molecular formula is C25H29F3N6O2. The number of anilines is 2. The maximum absolute atomic E-state index is 13.9. The number of fused-ring (bicyclic) bond motifs is 1. The maximum atomic E-state index is 13.9. The van der Waals surface area contributed by atoms with Crippen molar-refractivity contribution in [1.82, 2.24) is 15.1 Å². The molecule has 4 rings (SSSR count). The van der Waals surface area contributed by atoms with E-state index in [1.165, 1.54) is 5.56 Å². The molecule has 0 fully saturated rings. The van der Waals surface area contributed by atoms with E-state index in [2.05, 4.69) is 46.7 Å². The predicted molar refractivity (Wildman–Crippen MR) is 131 cm³/mol. The van der Waals surface area contributed by atoms with Gasteiger partial charge in [0, 0.05) is 30.8 Å². The van der Waals surface area contributed by atoms with Gasteiger partial charge in [0.2, 0.25) is 6.41 Å². The molecule has 1 aromatic heterocycles. The first-order chi connectivity index (χ1) is 17.2. The van der Waals surface area contributed by atoms with Crippen molar-refractivity contribution in [3.05, 3.63) is 70.7 Å². The van der Waals surface area contributed by atoms with Crippen LogP contribution in [0.15, 0.2) is 36.4 Å². The molecule has 36 heavy (non-hydrogen) atoms. The summed E-state index contributed by atoms with van der Waals surface area (Å²) in [4.78, 5) is 21.1. The van der Waals surface area contributed by atoms with Crippen LogP contribution in [-0.4, -0.2) is 28.3 Å². The molecule has 1 aliphatic heterocycles. The van der Waals surface area contributed by atoms with E-state index in [9.17, 15) is 18.0 Å². The lowest BCUT2D eigenvalue weighted by Crippen LogP contribution is -2.32. The van der Waals surface area contributed by atoms with Crippen LogP contribution in [0.25, 0.3) is 5.69 Å². The van der Waals surface area contributed by atoms with Crippen LogP contribution in [0, 0.1) is 17.5 Å². The summed E-state index contributed by atoms with van der Waals surface area (Å²) in [6, 6.07) is 8.41. The molecule has 1 unspecified atom stereocenters. The lowest BCUT2D eigenvalue weighted by atomic mass is 9.96. The predicted octanol–water partition coefficient (Wildman–Crippen LogP) is 4.41. The molecule has 0 saturated carbocycles. The molecule has 192 valence electrons. The fourth-order valence-corrected chi connectivity index (χ4v) is 3.88. The molecule has 8 nitrogen and oxygen atoms in total. The topological polar surface area (TPSA) is 114 Å². The van der Waals surface area contributed by atoms with Crippen molar-refractivity contribution in [2.24, 2.45) is 5.73 Å². The van der Waals surface area contributed by atoms with Crippen molar-refractivity contribution in [1.29, 1.82) is 0 Å². The number of primary amides is 1. The largest absolute Gasteiger partial charge is 0.372 e. The Balaban J connectivity index is 0.00000115. The molecule has 0 bridgehead atoms. The lowest BCUT2D eigenvalue weighted by molar-refractivity contribution is -0.106. The summed E-state index contributed by atoms with van der Waals surface area (Å²) in [5.74, 6) is -3.26. The molecular weight excluding hydrogens is 473 g/mol. The first kappa shape index (κ1) is 26.7. The molecule has 0 radical (unpaired) electrons. The van der Waals surface area contributed by atoms with Crippen LogP contribution in [0.5, 0.6) is 0 Å².